The van der Waals surface area contributed by atoms with Gasteiger partial charge in [0.1, 0.15) is 5.82 Å². The topological polar surface area (TPSA) is 74.5 Å². The number of nitrogens with one attached hydrogen (secondary N) is 2. The molecule has 2 aromatic carbocycles. The zero-order chi connectivity index (χ0) is 22.6. The Balaban J connectivity index is 1.35. The van der Waals surface area contributed by atoms with Crippen molar-refractivity contribution >= 4 is 11.9 Å². The Morgan fingerprint density at radius 2 is 1.82 bits per heavy atom. The van der Waals surface area contributed by atoms with Crippen molar-refractivity contribution in [2.45, 2.75) is 32.4 Å². The quantitative estimate of drug-likeness (QED) is 0.638. The van der Waals surface area contributed by atoms with Gasteiger partial charge in [0.05, 0.1) is 12.2 Å². The molecule has 0 amide bonds. The van der Waals surface area contributed by atoms with E-state index in [0.717, 1.165) is 36.7 Å². The maximum absolute atomic E-state index is 12.9. The molecule has 168 valence electrons. The minimum atomic E-state index is -0.0246. The van der Waals surface area contributed by atoms with Gasteiger partial charge in [-0.3, -0.25) is 14.3 Å². The lowest BCUT2D eigenvalue weighted by Crippen LogP contribution is -2.49. The summed E-state index contributed by atoms with van der Waals surface area (Å²) < 4.78 is 1.76. The molecule has 33 heavy (non-hydrogen) atoms. The van der Waals surface area contributed by atoms with Crippen molar-refractivity contribution in [2.24, 2.45) is 4.99 Å². The van der Waals surface area contributed by atoms with Crippen LogP contribution >= 0.6 is 0 Å². The fourth-order valence-electron chi connectivity index (χ4n) is 4.33. The standard InChI is InChI=1S/C26H28N6O/c1-19(17-20-9-4-2-5-10-20)28-25-27-14-13-23(30-25)31-15-8-16-32-24(33)18-22(29-26(31)32)21-11-6-3-7-12-21/h2-7,9-13,18-19H,8,14-17H2,1H3,(H2,27,28,30). The number of aliphatic imine (C=N–C) groups is 1. The van der Waals surface area contributed by atoms with Crippen LogP contribution in [-0.4, -0.2) is 34.6 Å². The van der Waals surface area contributed by atoms with Crippen molar-refractivity contribution in [1.29, 1.82) is 0 Å². The lowest BCUT2D eigenvalue weighted by Gasteiger charge is -2.34. The first-order chi connectivity index (χ1) is 16.2. The van der Waals surface area contributed by atoms with E-state index in [1.165, 1.54) is 5.56 Å². The van der Waals surface area contributed by atoms with Gasteiger partial charge in [0, 0.05) is 30.8 Å². The number of guanidine groups is 1. The van der Waals surface area contributed by atoms with E-state index in [-0.39, 0.29) is 11.6 Å². The van der Waals surface area contributed by atoms with E-state index in [4.69, 9.17) is 4.98 Å². The summed E-state index contributed by atoms with van der Waals surface area (Å²) in [6.45, 7) is 4.18. The highest BCUT2D eigenvalue weighted by Gasteiger charge is 2.25. The van der Waals surface area contributed by atoms with Gasteiger partial charge in [-0.1, -0.05) is 60.7 Å². The third-order valence-corrected chi connectivity index (χ3v) is 5.90. The number of benzene rings is 2. The number of hydrogen-bond donors (Lipinski definition) is 2. The molecule has 1 atom stereocenters. The monoisotopic (exact) mass is 440 g/mol. The molecule has 3 aromatic rings. The van der Waals surface area contributed by atoms with E-state index in [1.54, 1.807) is 10.6 Å². The van der Waals surface area contributed by atoms with Crippen LogP contribution in [0.1, 0.15) is 18.9 Å². The highest BCUT2D eigenvalue weighted by Crippen LogP contribution is 2.24. The Hall–Kier alpha value is -3.87. The second-order valence-electron chi connectivity index (χ2n) is 8.44. The second-order valence-corrected chi connectivity index (χ2v) is 8.44. The van der Waals surface area contributed by atoms with Crippen molar-refractivity contribution in [3.05, 3.63) is 94.5 Å². The third kappa shape index (κ3) is 4.67. The van der Waals surface area contributed by atoms with Crippen molar-refractivity contribution in [3.8, 4) is 11.3 Å². The van der Waals surface area contributed by atoms with Crippen molar-refractivity contribution in [1.82, 2.24) is 20.2 Å². The molecule has 0 fully saturated rings. The number of nitrogens with zero attached hydrogens (tertiary/aromatic N) is 4. The number of hydrogen-bond acceptors (Lipinski definition) is 6. The number of rotatable bonds is 5. The lowest BCUT2D eigenvalue weighted by molar-refractivity contribution is 0.545. The van der Waals surface area contributed by atoms with Crippen LogP contribution in [0, 0.1) is 0 Å². The molecular weight excluding hydrogens is 412 g/mol. The Labute approximate surface area is 193 Å². The molecular formula is C26H28N6O. The van der Waals surface area contributed by atoms with E-state index in [0.29, 0.717) is 24.7 Å². The highest BCUT2D eigenvalue weighted by atomic mass is 16.1. The van der Waals surface area contributed by atoms with Gasteiger partial charge in [0.2, 0.25) is 5.95 Å². The maximum atomic E-state index is 12.9. The molecule has 2 N–H and O–H groups in total. The first kappa shape index (κ1) is 21.0. The van der Waals surface area contributed by atoms with Gasteiger partial charge in [-0.05, 0) is 31.4 Å². The van der Waals surface area contributed by atoms with E-state index in [1.807, 2.05) is 42.5 Å². The molecule has 3 heterocycles. The molecule has 2 aliphatic heterocycles. The van der Waals surface area contributed by atoms with Gasteiger partial charge in [-0.2, -0.15) is 0 Å². The summed E-state index contributed by atoms with van der Waals surface area (Å²) in [7, 11) is 0. The van der Waals surface area contributed by atoms with Gasteiger partial charge in [0.25, 0.3) is 5.56 Å². The lowest BCUT2D eigenvalue weighted by atomic mass is 10.1. The fourth-order valence-corrected chi connectivity index (χ4v) is 4.33. The Bertz CT molecular complexity index is 1230. The summed E-state index contributed by atoms with van der Waals surface area (Å²) in [5, 5.41) is 6.92. The van der Waals surface area contributed by atoms with Crippen LogP contribution in [0.3, 0.4) is 0 Å². The zero-order valence-corrected chi connectivity index (χ0v) is 18.7. The van der Waals surface area contributed by atoms with Gasteiger partial charge in [-0.15, -0.1) is 0 Å². The Morgan fingerprint density at radius 3 is 2.61 bits per heavy atom. The smallest absolute Gasteiger partial charge is 0.255 e. The van der Waals surface area contributed by atoms with E-state index in [2.05, 4.69) is 51.7 Å². The molecule has 7 nitrogen and oxygen atoms in total. The third-order valence-electron chi connectivity index (χ3n) is 5.90. The molecule has 0 bridgehead atoms. The first-order valence-corrected chi connectivity index (χ1v) is 11.4. The first-order valence-electron chi connectivity index (χ1n) is 11.4. The predicted octanol–water partition coefficient (Wildman–Crippen LogP) is 3.14. The van der Waals surface area contributed by atoms with Gasteiger partial charge in [-0.25, -0.2) is 9.98 Å². The number of anilines is 1. The second kappa shape index (κ2) is 9.32. The summed E-state index contributed by atoms with van der Waals surface area (Å²) >= 11 is 0. The predicted molar refractivity (Wildman–Crippen MR) is 132 cm³/mol. The number of aromatic nitrogens is 2. The molecule has 5 rings (SSSR count). The summed E-state index contributed by atoms with van der Waals surface area (Å²) in [6.07, 6.45) is 3.83. The van der Waals surface area contributed by atoms with Crippen molar-refractivity contribution in [3.63, 3.8) is 0 Å². The van der Waals surface area contributed by atoms with Crippen molar-refractivity contribution in [2.75, 3.05) is 18.0 Å². The Morgan fingerprint density at radius 1 is 1.06 bits per heavy atom. The molecule has 0 radical (unpaired) electrons. The summed E-state index contributed by atoms with van der Waals surface area (Å²) in [4.78, 5) is 24.5. The van der Waals surface area contributed by atoms with Crippen LogP contribution in [0.2, 0.25) is 0 Å². The average molecular weight is 441 g/mol. The molecule has 0 saturated carbocycles. The molecule has 0 aliphatic carbocycles. The van der Waals surface area contributed by atoms with Crippen LogP contribution in [0.4, 0.5) is 5.95 Å². The van der Waals surface area contributed by atoms with Gasteiger partial charge >= 0.3 is 0 Å². The molecule has 1 aromatic heterocycles. The summed E-state index contributed by atoms with van der Waals surface area (Å²) in [6, 6.07) is 22.1. The normalized spacial score (nSPS) is 16.2. The molecule has 2 aliphatic rings. The highest BCUT2D eigenvalue weighted by molar-refractivity contribution is 5.83. The largest absolute Gasteiger partial charge is 0.353 e. The van der Waals surface area contributed by atoms with Gasteiger partial charge < -0.3 is 10.6 Å². The van der Waals surface area contributed by atoms with Crippen molar-refractivity contribution < 1.29 is 0 Å². The fraction of sp³-hybridized carbons (Fsp3) is 0.269. The minimum Gasteiger partial charge on any atom is -0.353 e. The zero-order valence-electron chi connectivity index (χ0n) is 18.7. The van der Waals surface area contributed by atoms with Crippen LogP contribution in [0.5, 0.6) is 0 Å². The average Bonchev–Trinajstić information content (AvgIpc) is 2.85. The summed E-state index contributed by atoms with van der Waals surface area (Å²) in [5.74, 6) is 2.32. The molecule has 0 spiro atoms. The molecule has 1 unspecified atom stereocenters. The van der Waals surface area contributed by atoms with E-state index < -0.39 is 0 Å². The molecule has 0 saturated heterocycles. The van der Waals surface area contributed by atoms with Crippen LogP contribution in [0.25, 0.3) is 11.3 Å². The SMILES string of the molecule is CC(Cc1ccccc1)NC1=NCC=C(N2CCCn3c2nc(-c2ccccc2)cc3=O)N1. The molecule has 7 heteroatoms. The van der Waals surface area contributed by atoms with E-state index >= 15 is 0 Å². The number of fused-ring (bicyclic) bond motifs is 1. The van der Waals surface area contributed by atoms with Crippen LogP contribution in [0.15, 0.2) is 88.4 Å². The van der Waals surface area contributed by atoms with Crippen LogP contribution < -0.4 is 21.1 Å². The summed E-state index contributed by atoms with van der Waals surface area (Å²) in [5.41, 5.74) is 2.89. The Kier molecular flexibility index (Phi) is 5.93. The maximum Gasteiger partial charge on any atom is 0.255 e. The van der Waals surface area contributed by atoms with E-state index in [9.17, 15) is 4.79 Å². The van der Waals surface area contributed by atoms with Crippen LogP contribution in [-0.2, 0) is 13.0 Å². The minimum absolute atomic E-state index is 0.0246. The van der Waals surface area contributed by atoms with Gasteiger partial charge in [0.15, 0.2) is 5.96 Å².